The Morgan fingerprint density at radius 3 is 2.67 bits per heavy atom. The number of hydrogen-bond donors (Lipinski definition) is 1. The quantitative estimate of drug-likeness (QED) is 0.812. The van der Waals surface area contributed by atoms with Crippen LogP contribution in [-0.2, 0) is 9.47 Å². The molecule has 1 aromatic carbocycles. The number of carbonyl (C=O) groups excluding carboxylic acids is 1. The molecule has 2 aliphatic rings. The average Bonchev–Trinajstić information content (AvgIpc) is 2.60. The molecule has 1 amide bonds. The molecule has 0 aromatic heterocycles. The molecule has 2 heterocycles. The van der Waals surface area contributed by atoms with Gasteiger partial charge in [0.15, 0.2) is 0 Å². The van der Waals surface area contributed by atoms with Gasteiger partial charge in [-0.15, -0.1) is 0 Å². The molecule has 0 radical (unpaired) electrons. The lowest BCUT2D eigenvalue weighted by molar-refractivity contribution is -0.0206. The third-order valence-electron chi connectivity index (χ3n) is 4.64. The van der Waals surface area contributed by atoms with Crippen molar-refractivity contribution >= 4 is 11.9 Å². The van der Waals surface area contributed by atoms with Crippen molar-refractivity contribution in [1.82, 2.24) is 4.90 Å². The van der Waals surface area contributed by atoms with E-state index in [1.165, 1.54) is 18.3 Å². The van der Waals surface area contributed by atoms with Crippen LogP contribution in [0.1, 0.15) is 45.2 Å². The molecule has 2 aliphatic heterocycles. The molecule has 2 unspecified atom stereocenters. The first kappa shape index (κ1) is 19.4. The minimum absolute atomic E-state index is 0.0682. The van der Waals surface area contributed by atoms with Crippen molar-refractivity contribution in [2.75, 3.05) is 13.2 Å². The molecular weight excluding hydrogens is 349 g/mol. The second-order valence-electron chi connectivity index (χ2n) is 7.81. The molecule has 2 atom stereocenters. The van der Waals surface area contributed by atoms with E-state index >= 15 is 0 Å². The van der Waals surface area contributed by atoms with Crippen LogP contribution in [0.4, 0.5) is 9.18 Å². The number of nitrogens with two attached hydrogens (primary N) is 1. The van der Waals surface area contributed by atoms with Crippen LogP contribution < -0.4 is 5.73 Å². The summed E-state index contributed by atoms with van der Waals surface area (Å²) in [7, 11) is 0. The summed E-state index contributed by atoms with van der Waals surface area (Å²) in [5.41, 5.74) is 6.88. The Morgan fingerprint density at radius 1 is 1.33 bits per heavy atom. The maximum Gasteiger partial charge on any atom is 0.436 e. The maximum atomic E-state index is 13.4. The van der Waals surface area contributed by atoms with Gasteiger partial charge in [-0.25, -0.2) is 9.18 Å². The fourth-order valence-corrected chi connectivity index (χ4v) is 3.47. The number of halogens is 1. The molecule has 2 saturated heterocycles. The van der Waals surface area contributed by atoms with Gasteiger partial charge in [0.1, 0.15) is 17.3 Å². The zero-order valence-corrected chi connectivity index (χ0v) is 15.9. The number of ether oxygens (including phenoxy) is 2. The van der Waals surface area contributed by atoms with Crippen LogP contribution in [0.3, 0.4) is 0 Å². The number of amides is 1. The van der Waals surface area contributed by atoms with Crippen molar-refractivity contribution in [3.8, 4) is 0 Å². The van der Waals surface area contributed by atoms with Gasteiger partial charge in [0.05, 0.1) is 25.3 Å². The summed E-state index contributed by atoms with van der Waals surface area (Å²) in [5.74, 6) is 0.219. The Bertz CT molecular complexity index is 753. The van der Waals surface area contributed by atoms with E-state index in [1.807, 2.05) is 0 Å². The molecule has 0 saturated carbocycles. The molecule has 0 spiro atoms. The highest BCUT2D eigenvalue weighted by molar-refractivity contribution is 6.04. The monoisotopic (exact) mass is 375 g/mol. The van der Waals surface area contributed by atoms with Crippen LogP contribution in [0.25, 0.3) is 0 Å². The van der Waals surface area contributed by atoms with Crippen LogP contribution in [0.2, 0.25) is 0 Å². The number of amidine groups is 1. The van der Waals surface area contributed by atoms with Crippen molar-refractivity contribution in [3.05, 3.63) is 47.4 Å². The zero-order chi connectivity index (χ0) is 19.6. The van der Waals surface area contributed by atoms with Crippen LogP contribution >= 0.6 is 0 Å². The standard InChI is InChI=1S/C20H26FN3O3/c1-20(2,3)27-19(25)23-18-14(10-22)6-9-16-11-26-12-17(24(16)18)13-4-7-15(21)8-5-13/h4-5,7-8,10,16-17H,6,9,11-12,22H2,1-3H3/b14-10+,23-18+. The number of aliphatic imine (C=N–C) groups is 1. The van der Waals surface area contributed by atoms with E-state index in [9.17, 15) is 9.18 Å². The summed E-state index contributed by atoms with van der Waals surface area (Å²) in [5, 5.41) is 0. The molecule has 27 heavy (non-hydrogen) atoms. The van der Waals surface area contributed by atoms with E-state index in [0.29, 0.717) is 25.5 Å². The first-order valence-corrected chi connectivity index (χ1v) is 9.13. The van der Waals surface area contributed by atoms with Crippen LogP contribution in [0.15, 0.2) is 41.0 Å². The SMILES string of the molecule is CC(C)(C)OC(=O)/N=C1\C(=C\N)CCC2COCC(c3ccc(F)cc3)N12. The first-order valence-electron chi connectivity index (χ1n) is 9.13. The summed E-state index contributed by atoms with van der Waals surface area (Å²) in [4.78, 5) is 18.7. The van der Waals surface area contributed by atoms with E-state index in [4.69, 9.17) is 15.2 Å². The minimum Gasteiger partial charge on any atom is -0.442 e. The van der Waals surface area contributed by atoms with E-state index in [-0.39, 0.29) is 17.9 Å². The Balaban J connectivity index is 1.98. The summed E-state index contributed by atoms with van der Waals surface area (Å²) in [6.45, 7) is 6.36. The molecular formula is C20H26FN3O3. The fraction of sp³-hybridized carbons (Fsp3) is 0.500. The average molecular weight is 375 g/mol. The summed E-state index contributed by atoms with van der Waals surface area (Å²) in [6.07, 6.45) is 2.39. The maximum absolute atomic E-state index is 13.4. The van der Waals surface area contributed by atoms with Gasteiger partial charge in [-0.3, -0.25) is 0 Å². The third kappa shape index (κ3) is 4.47. The molecule has 6 nitrogen and oxygen atoms in total. The van der Waals surface area contributed by atoms with Crippen LogP contribution in [0, 0.1) is 5.82 Å². The Kier molecular flexibility index (Phi) is 5.51. The summed E-state index contributed by atoms with van der Waals surface area (Å²) >= 11 is 0. The Hall–Kier alpha value is -2.41. The van der Waals surface area contributed by atoms with Crippen molar-refractivity contribution in [2.45, 2.75) is 51.3 Å². The smallest absolute Gasteiger partial charge is 0.436 e. The van der Waals surface area contributed by atoms with Gasteiger partial charge in [-0.2, -0.15) is 4.99 Å². The number of rotatable bonds is 1. The van der Waals surface area contributed by atoms with Gasteiger partial charge in [-0.1, -0.05) is 12.1 Å². The van der Waals surface area contributed by atoms with Crippen molar-refractivity contribution in [2.24, 2.45) is 10.7 Å². The first-order chi connectivity index (χ1) is 12.8. The summed E-state index contributed by atoms with van der Waals surface area (Å²) in [6, 6.07) is 6.20. The normalized spacial score (nSPS) is 26.1. The molecule has 146 valence electrons. The lowest BCUT2D eigenvalue weighted by Crippen LogP contribution is -2.53. The zero-order valence-electron chi connectivity index (χ0n) is 15.9. The van der Waals surface area contributed by atoms with E-state index in [0.717, 1.165) is 17.6 Å². The molecule has 2 N–H and O–H groups in total. The minimum atomic E-state index is -0.651. The number of nitrogens with zero attached hydrogens (tertiary/aromatic N) is 2. The second-order valence-corrected chi connectivity index (χ2v) is 7.81. The van der Waals surface area contributed by atoms with E-state index in [2.05, 4.69) is 9.89 Å². The third-order valence-corrected chi connectivity index (χ3v) is 4.64. The molecule has 7 heteroatoms. The number of benzene rings is 1. The van der Waals surface area contributed by atoms with Gasteiger partial charge >= 0.3 is 6.09 Å². The van der Waals surface area contributed by atoms with Crippen LogP contribution in [-0.4, -0.2) is 41.7 Å². The van der Waals surface area contributed by atoms with Crippen molar-refractivity contribution in [1.29, 1.82) is 0 Å². The van der Waals surface area contributed by atoms with Gasteiger partial charge in [0.25, 0.3) is 0 Å². The lowest BCUT2D eigenvalue weighted by atomic mass is 9.92. The number of fused-ring (bicyclic) bond motifs is 1. The molecule has 0 bridgehead atoms. The van der Waals surface area contributed by atoms with Gasteiger partial charge in [-0.05, 0) is 51.3 Å². The summed E-state index contributed by atoms with van der Waals surface area (Å²) < 4.78 is 24.5. The molecule has 3 rings (SSSR count). The molecule has 2 fully saturated rings. The van der Waals surface area contributed by atoms with Gasteiger partial charge in [0, 0.05) is 11.8 Å². The van der Waals surface area contributed by atoms with Gasteiger partial charge < -0.3 is 20.1 Å². The lowest BCUT2D eigenvalue weighted by Gasteiger charge is -2.47. The second kappa shape index (κ2) is 7.68. The highest BCUT2D eigenvalue weighted by Gasteiger charge is 2.39. The predicted molar refractivity (Wildman–Crippen MR) is 101 cm³/mol. The predicted octanol–water partition coefficient (Wildman–Crippen LogP) is 3.54. The highest BCUT2D eigenvalue weighted by Crippen LogP contribution is 2.36. The molecule has 1 aromatic rings. The van der Waals surface area contributed by atoms with E-state index in [1.54, 1.807) is 32.9 Å². The Morgan fingerprint density at radius 2 is 2.04 bits per heavy atom. The highest BCUT2D eigenvalue weighted by atomic mass is 19.1. The number of hydrogen-bond acceptors (Lipinski definition) is 4. The largest absolute Gasteiger partial charge is 0.442 e. The van der Waals surface area contributed by atoms with E-state index < -0.39 is 11.7 Å². The van der Waals surface area contributed by atoms with Crippen LogP contribution in [0.5, 0.6) is 0 Å². The van der Waals surface area contributed by atoms with Gasteiger partial charge in [0.2, 0.25) is 0 Å². The molecule has 0 aliphatic carbocycles. The van der Waals surface area contributed by atoms with Crippen molar-refractivity contribution < 1.29 is 18.7 Å². The number of piperidine rings is 1. The number of carbonyl (C=O) groups is 1. The topological polar surface area (TPSA) is 77.1 Å². The fourth-order valence-electron chi connectivity index (χ4n) is 3.47. The number of morpholine rings is 1. The van der Waals surface area contributed by atoms with Crippen molar-refractivity contribution in [3.63, 3.8) is 0 Å². The Labute approximate surface area is 158 Å².